The maximum atomic E-state index is 14.4. The predicted molar refractivity (Wildman–Crippen MR) is 135 cm³/mol. The molecule has 0 spiro atoms. The van der Waals surface area contributed by atoms with E-state index in [1.165, 1.54) is 6.07 Å². The lowest BCUT2D eigenvalue weighted by atomic mass is 10.0. The molecule has 2 heterocycles. The van der Waals surface area contributed by atoms with Gasteiger partial charge in [0, 0.05) is 26.2 Å². The largest absolute Gasteiger partial charge is 0.497 e. The lowest BCUT2D eigenvalue weighted by Gasteiger charge is -2.40. The van der Waals surface area contributed by atoms with Crippen molar-refractivity contribution in [1.82, 2.24) is 25.1 Å². The number of tetrazole rings is 1. The van der Waals surface area contributed by atoms with Crippen LogP contribution in [0.1, 0.15) is 23.0 Å². The summed E-state index contributed by atoms with van der Waals surface area (Å²) in [4.78, 5) is 4.45. The van der Waals surface area contributed by atoms with E-state index < -0.39 is 0 Å². The number of hydrogen-bond donors (Lipinski definition) is 0. The highest BCUT2D eigenvalue weighted by Crippen LogP contribution is 2.31. The smallest absolute Gasteiger partial charge is 0.173 e. The van der Waals surface area contributed by atoms with Gasteiger partial charge in [-0.3, -0.25) is 4.90 Å². The third-order valence-corrected chi connectivity index (χ3v) is 6.60. The highest BCUT2D eigenvalue weighted by atomic mass is 19.1. The van der Waals surface area contributed by atoms with Crippen LogP contribution in [0.2, 0.25) is 0 Å². The number of piperazine rings is 1. The zero-order valence-electron chi connectivity index (χ0n) is 20.4. The molecule has 1 aromatic heterocycles. The second-order valence-electron chi connectivity index (χ2n) is 8.69. The van der Waals surface area contributed by atoms with E-state index in [0.29, 0.717) is 25.3 Å². The zero-order chi connectivity index (χ0) is 24.9. The van der Waals surface area contributed by atoms with Gasteiger partial charge in [-0.25, -0.2) is 9.07 Å². The Morgan fingerprint density at radius 1 is 0.833 bits per heavy atom. The van der Waals surface area contributed by atoms with Gasteiger partial charge in [-0.05, 0) is 58.0 Å². The summed E-state index contributed by atoms with van der Waals surface area (Å²) in [5.74, 6) is 2.16. The lowest BCUT2D eigenvalue weighted by molar-refractivity contribution is 0.201. The Hall–Kier alpha value is -3.98. The molecule has 36 heavy (non-hydrogen) atoms. The van der Waals surface area contributed by atoms with Crippen molar-refractivity contribution < 1.29 is 13.9 Å². The first kappa shape index (κ1) is 23.7. The number of para-hydroxylation sites is 1. The van der Waals surface area contributed by atoms with E-state index in [2.05, 4.69) is 37.5 Å². The summed E-state index contributed by atoms with van der Waals surface area (Å²) in [6.45, 7) is 3.41. The number of rotatable bonds is 8. The SMILES string of the molecule is COc1ccc(Cn2nnnc2[C@H](c2ccc(OC)cc2)N2CCN(c3ccccc3F)CC2)cc1. The van der Waals surface area contributed by atoms with Gasteiger partial charge < -0.3 is 14.4 Å². The van der Waals surface area contributed by atoms with Gasteiger partial charge >= 0.3 is 0 Å². The molecule has 0 aliphatic carbocycles. The van der Waals surface area contributed by atoms with Crippen molar-refractivity contribution in [2.24, 2.45) is 0 Å². The van der Waals surface area contributed by atoms with Crippen LogP contribution in [-0.2, 0) is 6.54 Å². The van der Waals surface area contributed by atoms with E-state index in [-0.39, 0.29) is 11.9 Å². The van der Waals surface area contributed by atoms with Gasteiger partial charge in [0.25, 0.3) is 0 Å². The molecule has 1 fully saturated rings. The number of benzene rings is 3. The van der Waals surface area contributed by atoms with Crippen LogP contribution >= 0.6 is 0 Å². The minimum Gasteiger partial charge on any atom is -0.497 e. The summed E-state index contributed by atoms with van der Waals surface area (Å²) >= 11 is 0. The molecule has 1 saturated heterocycles. The number of nitrogens with zero attached hydrogens (tertiary/aromatic N) is 6. The molecule has 1 aliphatic heterocycles. The summed E-state index contributed by atoms with van der Waals surface area (Å²) in [5.41, 5.74) is 2.78. The Morgan fingerprint density at radius 3 is 2.11 bits per heavy atom. The number of hydrogen-bond acceptors (Lipinski definition) is 7. The van der Waals surface area contributed by atoms with Crippen LogP contribution in [0.15, 0.2) is 72.8 Å². The van der Waals surface area contributed by atoms with Crippen molar-refractivity contribution in [1.29, 1.82) is 0 Å². The van der Waals surface area contributed by atoms with Gasteiger partial charge in [0.2, 0.25) is 0 Å². The molecule has 8 nitrogen and oxygen atoms in total. The van der Waals surface area contributed by atoms with Gasteiger partial charge in [-0.1, -0.05) is 36.4 Å². The summed E-state index contributed by atoms with van der Waals surface area (Å²) in [7, 11) is 3.31. The molecule has 186 valence electrons. The minimum absolute atomic E-state index is 0.160. The van der Waals surface area contributed by atoms with Gasteiger partial charge in [0.05, 0.1) is 32.5 Å². The number of anilines is 1. The van der Waals surface area contributed by atoms with Crippen LogP contribution in [0.4, 0.5) is 10.1 Å². The highest BCUT2D eigenvalue weighted by molar-refractivity contribution is 5.48. The lowest BCUT2D eigenvalue weighted by Crippen LogP contribution is -2.48. The molecule has 0 saturated carbocycles. The summed E-state index contributed by atoms with van der Waals surface area (Å²) in [5, 5.41) is 12.8. The average molecular weight is 489 g/mol. The van der Waals surface area contributed by atoms with E-state index in [4.69, 9.17) is 9.47 Å². The van der Waals surface area contributed by atoms with Gasteiger partial charge in [0.1, 0.15) is 17.3 Å². The molecule has 9 heteroatoms. The Labute approximate surface area is 209 Å². The third-order valence-electron chi connectivity index (χ3n) is 6.60. The van der Waals surface area contributed by atoms with E-state index >= 15 is 0 Å². The van der Waals surface area contributed by atoms with Gasteiger partial charge in [-0.15, -0.1) is 5.10 Å². The maximum absolute atomic E-state index is 14.4. The minimum atomic E-state index is -0.193. The van der Waals surface area contributed by atoms with Gasteiger partial charge in [0.15, 0.2) is 5.82 Å². The van der Waals surface area contributed by atoms with Crippen LogP contribution in [-0.4, -0.2) is 65.5 Å². The molecule has 0 bridgehead atoms. The second kappa shape index (κ2) is 10.7. The average Bonchev–Trinajstić information content (AvgIpc) is 3.38. The fourth-order valence-corrected chi connectivity index (χ4v) is 4.66. The van der Waals surface area contributed by atoms with Crippen LogP contribution in [0.25, 0.3) is 0 Å². The number of aromatic nitrogens is 4. The standard InChI is InChI=1S/C27H29FN6O2/c1-35-22-11-7-20(8-12-22)19-34-27(29-30-31-34)26(21-9-13-23(36-2)14-10-21)33-17-15-32(16-18-33)25-6-4-3-5-24(25)28/h3-14,26H,15-19H2,1-2H3/t26-/m0/s1. The molecule has 0 unspecified atom stereocenters. The van der Waals surface area contributed by atoms with Crippen molar-refractivity contribution in [3.8, 4) is 11.5 Å². The number of halogens is 1. The van der Waals surface area contributed by atoms with Crippen molar-refractivity contribution in [3.63, 3.8) is 0 Å². The quantitative estimate of drug-likeness (QED) is 0.374. The molecule has 1 aliphatic rings. The monoisotopic (exact) mass is 488 g/mol. The third kappa shape index (κ3) is 5.01. The molecular formula is C27H29FN6O2. The molecule has 0 radical (unpaired) electrons. The maximum Gasteiger partial charge on any atom is 0.173 e. The molecular weight excluding hydrogens is 459 g/mol. The summed E-state index contributed by atoms with van der Waals surface area (Å²) in [6.07, 6.45) is 0. The highest BCUT2D eigenvalue weighted by Gasteiger charge is 2.31. The summed E-state index contributed by atoms with van der Waals surface area (Å²) in [6, 6.07) is 22.7. The molecule has 5 rings (SSSR count). The number of ether oxygens (including phenoxy) is 2. The van der Waals surface area contributed by atoms with E-state index in [0.717, 1.165) is 41.5 Å². The molecule has 0 amide bonds. The second-order valence-corrected chi connectivity index (χ2v) is 8.69. The zero-order valence-corrected chi connectivity index (χ0v) is 20.4. The first-order valence-electron chi connectivity index (χ1n) is 11.9. The molecule has 0 N–H and O–H groups in total. The van der Waals surface area contributed by atoms with Crippen molar-refractivity contribution in [3.05, 3.63) is 95.6 Å². The Kier molecular flexibility index (Phi) is 7.08. The molecule has 4 aromatic rings. The van der Waals surface area contributed by atoms with Crippen molar-refractivity contribution in [2.45, 2.75) is 12.6 Å². The van der Waals surface area contributed by atoms with E-state index in [1.807, 2.05) is 53.2 Å². The van der Waals surface area contributed by atoms with Crippen LogP contribution in [0, 0.1) is 5.82 Å². The predicted octanol–water partition coefficient (Wildman–Crippen LogP) is 3.79. The van der Waals surface area contributed by atoms with Gasteiger partial charge in [-0.2, -0.15) is 0 Å². The van der Waals surface area contributed by atoms with E-state index in [1.54, 1.807) is 20.3 Å². The summed E-state index contributed by atoms with van der Waals surface area (Å²) < 4.78 is 26.9. The molecule has 3 aromatic carbocycles. The fourth-order valence-electron chi connectivity index (χ4n) is 4.66. The Bertz CT molecular complexity index is 1270. The van der Waals surface area contributed by atoms with Crippen LogP contribution < -0.4 is 14.4 Å². The topological polar surface area (TPSA) is 68.5 Å². The van der Waals surface area contributed by atoms with Crippen molar-refractivity contribution in [2.75, 3.05) is 45.3 Å². The van der Waals surface area contributed by atoms with Crippen molar-refractivity contribution >= 4 is 5.69 Å². The number of methoxy groups -OCH3 is 2. The fraction of sp³-hybridized carbons (Fsp3) is 0.296. The van der Waals surface area contributed by atoms with Crippen LogP contribution in [0.3, 0.4) is 0 Å². The van der Waals surface area contributed by atoms with Crippen LogP contribution in [0.5, 0.6) is 11.5 Å². The Balaban J connectivity index is 1.42. The first-order chi connectivity index (χ1) is 17.7. The normalized spacial score (nSPS) is 15.0. The molecule has 1 atom stereocenters. The van der Waals surface area contributed by atoms with E-state index in [9.17, 15) is 4.39 Å². The first-order valence-corrected chi connectivity index (χ1v) is 11.9. The Morgan fingerprint density at radius 2 is 1.47 bits per heavy atom.